The fourth-order valence-electron chi connectivity index (χ4n) is 6.16. The number of benzene rings is 2. The molecule has 5 nitrogen and oxygen atoms in total. The van der Waals surface area contributed by atoms with Gasteiger partial charge in [-0.15, -0.1) is 0 Å². The highest BCUT2D eigenvalue weighted by atomic mass is 16.5. The SMILES string of the molecule is COc1cc2c(cc1OC)CN(C1CCC3(CC1)O[C@H](CCO)Cc1ccccc13)CC2. The lowest BCUT2D eigenvalue weighted by Gasteiger charge is -2.49. The van der Waals surface area contributed by atoms with Crippen LogP contribution < -0.4 is 9.47 Å². The molecular formula is C27H35NO4. The predicted molar refractivity (Wildman–Crippen MR) is 124 cm³/mol. The minimum absolute atomic E-state index is 0.121. The van der Waals surface area contributed by atoms with Crippen LogP contribution in [0.25, 0.3) is 0 Å². The summed E-state index contributed by atoms with van der Waals surface area (Å²) < 4.78 is 17.8. The van der Waals surface area contributed by atoms with Gasteiger partial charge in [0.25, 0.3) is 0 Å². The van der Waals surface area contributed by atoms with E-state index in [1.54, 1.807) is 14.2 Å². The third kappa shape index (κ3) is 3.91. The highest BCUT2D eigenvalue weighted by Gasteiger charge is 2.44. The van der Waals surface area contributed by atoms with Gasteiger partial charge in [-0.2, -0.15) is 0 Å². The van der Waals surface area contributed by atoms with Crippen molar-refractivity contribution in [3.8, 4) is 11.5 Å². The summed E-state index contributed by atoms with van der Waals surface area (Å²) in [6.07, 6.45) is 7.18. The maximum atomic E-state index is 9.51. The molecule has 2 aromatic rings. The molecule has 1 N–H and O–H groups in total. The zero-order valence-electron chi connectivity index (χ0n) is 19.3. The minimum atomic E-state index is -0.185. The number of ether oxygens (including phenoxy) is 3. The predicted octanol–water partition coefficient (Wildman–Crippen LogP) is 4.22. The van der Waals surface area contributed by atoms with Crippen LogP contribution in [0, 0.1) is 0 Å². The minimum Gasteiger partial charge on any atom is -0.493 e. The zero-order valence-corrected chi connectivity index (χ0v) is 19.3. The van der Waals surface area contributed by atoms with E-state index in [2.05, 4.69) is 41.3 Å². The molecule has 0 saturated heterocycles. The summed E-state index contributed by atoms with van der Waals surface area (Å²) in [5.41, 5.74) is 5.34. The zero-order chi connectivity index (χ0) is 22.1. The van der Waals surface area contributed by atoms with Crippen LogP contribution in [0.5, 0.6) is 11.5 Å². The molecule has 2 heterocycles. The normalized spacial score (nSPS) is 27.6. The standard InChI is InChI=1S/C27H35NO4/c1-30-25-16-19-9-13-28(18-21(19)17-26(25)31-2)22-7-11-27(12-8-22)24-6-4-3-5-20(24)15-23(32-27)10-14-29/h3-6,16-17,22-23,29H,7-15,18H2,1-2H3/t22?,23-,27?/m1/s1. The third-order valence-electron chi connectivity index (χ3n) is 7.83. The Balaban J connectivity index is 1.31. The van der Waals surface area contributed by atoms with E-state index in [0.717, 1.165) is 63.1 Å². The second-order valence-electron chi connectivity index (χ2n) is 9.54. The van der Waals surface area contributed by atoms with Gasteiger partial charge in [0.1, 0.15) is 0 Å². The number of rotatable bonds is 5. The Labute approximate surface area is 191 Å². The van der Waals surface area contributed by atoms with Crippen molar-refractivity contribution in [2.24, 2.45) is 0 Å². The number of aliphatic hydroxyl groups excluding tert-OH is 1. The lowest BCUT2D eigenvalue weighted by atomic mass is 9.73. The van der Waals surface area contributed by atoms with Gasteiger partial charge in [0.2, 0.25) is 0 Å². The van der Waals surface area contributed by atoms with Gasteiger partial charge < -0.3 is 19.3 Å². The number of nitrogens with zero attached hydrogens (tertiary/aromatic N) is 1. The Morgan fingerprint density at radius 2 is 1.75 bits per heavy atom. The molecule has 0 aromatic heterocycles. The molecule has 3 aliphatic rings. The summed E-state index contributed by atoms with van der Waals surface area (Å²) in [4.78, 5) is 2.65. The Hall–Kier alpha value is -2.08. The van der Waals surface area contributed by atoms with Crippen LogP contribution in [-0.2, 0) is 29.7 Å². The van der Waals surface area contributed by atoms with Crippen LogP contribution in [0.1, 0.15) is 54.4 Å². The summed E-state index contributed by atoms with van der Waals surface area (Å²) in [5, 5.41) is 9.51. The molecule has 1 aliphatic carbocycles. The Morgan fingerprint density at radius 1 is 1.03 bits per heavy atom. The molecule has 0 amide bonds. The average Bonchev–Trinajstić information content (AvgIpc) is 2.83. The molecule has 1 spiro atoms. The van der Waals surface area contributed by atoms with Crippen LogP contribution in [0.15, 0.2) is 36.4 Å². The van der Waals surface area contributed by atoms with E-state index < -0.39 is 0 Å². The molecule has 172 valence electrons. The summed E-state index contributed by atoms with van der Waals surface area (Å²) >= 11 is 0. The first-order chi connectivity index (χ1) is 15.7. The Bertz CT molecular complexity index is 951. The maximum Gasteiger partial charge on any atom is 0.161 e. The van der Waals surface area contributed by atoms with Gasteiger partial charge in [-0.05, 0) is 79.3 Å². The van der Waals surface area contributed by atoms with Gasteiger partial charge in [0.05, 0.1) is 25.9 Å². The van der Waals surface area contributed by atoms with Crippen LogP contribution in [0.3, 0.4) is 0 Å². The van der Waals surface area contributed by atoms with Crippen LogP contribution in [0.4, 0.5) is 0 Å². The summed E-state index contributed by atoms with van der Waals surface area (Å²) in [6, 6.07) is 13.7. The van der Waals surface area contributed by atoms with Crippen molar-refractivity contribution in [3.05, 3.63) is 58.7 Å². The van der Waals surface area contributed by atoms with Crippen LogP contribution >= 0.6 is 0 Å². The van der Waals surface area contributed by atoms with E-state index >= 15 is 0 Å². The van der Waals surface area contributed by atoms with Gasteiger partial charge in [-0.25, -0.2) is 0 Å². The monoisotopic (exact) mass is 437 g/mol. The molecule has 5 rings (SSSR count). The number of aliphatic hydroxyl groups is 1. The van der Waals surface area contributed by atoms with Gasteiger partial charge in [0, 0.05) is 25.7 Å². The van der Waals surface area contributed by atoms with Crippen molar-refractivity contribution in [1.82, 2.24) is 4.90 Å². The largest absolute Gasteiger partial charge is 0.493 e. The average molecular weight is 438 g/mol. The van der Waals surface area contributed by atoms with Gasteiger partial charge >= 0.3 is 0 Å². The highest BCUT2D eigenvalue weighted by molar-refractivity contribution is 5.48. The molecule has 0 unspecified atom stereocenters. The van der Waals surface area contributed by atoms with Crippen molar-refractivity contribution < 1.29 is 19.3 Å². The van der Waals surface area contributed by atoms with Gasteiger partial charge in [-0.1, -0.05) is 24.3 Å². The molecule has 1 atom stereocenters. The van der Waals surface area contributed by atoms with Gasteiger partial charge in [-0.3, -0.25) is 4.90 Å². The van der Waals surface area contributed by atoms with E-state index in [1.165, 1.54) is 22.3 Å². The molecule has 5 heteroatoms. The van der Waals surface area contributed by atoms with E-state index in [0.29, 0.717) is 12.5 Å². The number of hydrogen-bond acceptors (Lipinski definition) is 5. The molecule has 1 saturated carbocycles. The molecule has 1 fully saturated rings. The van der Waals surface area contributed by atoms with Crippen molar-refractivity contribution >= 4 is 0 Å². The van der Waals surface area contributed by atoms with E-state index in [9.17, 15) is 5.11 Å². The summed E-state index contributed by atoms with van der Waals surface area (Å²) in [6.45, 7) is 2.25. The smallest absolute Gasteiger partial charge is 0.161 e. The van der Waals surface area contributed by atoms with Crippen LogP contribution in [0.2, 0.25) is 0 Å². The second kappa shape index (κ2) is 9.05. The first-order valence-electron chi connectivity index (χ1n) is 12.0. The van der Waals surface area contributed by atoms with Crippen molar-refractivity contribution in [3.63, 3.8) is 0 Å². The number of fused-ring (bicyclic) bond motifs is 3. The third-order valence-corrected chi connectivity index (χ3v) is 7.83. The quantitative estimate of drug-likeness (QED) is 0.759. The van der Waals surface area contributed by atoms with Gasteiger partial charge in [0.15, 0.2) is 11.5 Å². The summed E-state index contributed by atoms with van der Waals surface area (Å²) in [7, 11) is 3.41. The molecular weight excluding hydrogens is 402 g/mol. The topological polar surface area (TPSA) is 51.2 Å². The van der Waals surface area contributed by atoms with E-state index in [1.807, 2.05) is 0 Å². The lowest BCUT2D eigenvalue weighted by molar-refractivity contribution is -0.143. The Kier molecular flexibility index (Phi) is 6.15. The van der Waals surface area contributed by atoms with E-state index in [-0.39, 0.29) is 18.3 Å². The lowest BCUT2D eigenvalue weighted by Crippen LogP contribution is -2.48. The molecule has 32 heavy (non-hydrogen) atoms. The first kappa shape index (κ1) is 21.7. The number of methoxy groups -OCH3 is 2. The number of hydrogen-bond donors (Lipinski definition) is 1. The second-order valence-corrected chi connectivity index (χ2v) is 9.54. The molecule has 2 aromatic carbocycles. The van der Waals surface area contributed by atoms with Crippen molar-refractivity contribution in [1.29, 1.82) is 0 Å². The van der Waals surface area contributed by atoms with Crippen molar-refractivity contribution in [2.75, 3.05) is 27.4 Å². The fourth-order valence-corrected chi connectivity index (χ4v) is 6.16. The molecule has 0 radical (unpaired) electrons. The first-order valence-corrected chi connectivity index (χ1v) is 12.0. The fraction of sp³-hybridized carbons (Fsp3) is 0.556. The van der Waals surface area contributed by atoms with Crippen LogP contribution in [-0.4, -0.2) is 49.5 Å². The molecule has 2 aliphatic heterocycles. The summed E-state index contributed by atoms with van der Waals surface area (Å²) in [5.74, 6) is 1.64. The van der Waals surface area contributed by atoms with Crippen molar-refractivity contribution in [2.45, 2.75) is 69.2 Å². The Morgan fingerprint density at radius 3 is 2.47 bits per heavy atom. The van der Waals surface area contributed by atoms with E-state index in [4.69, 9.17) is 14.2 Å². The highest BCUT2D eigenvalue weighted by Crippen LogP contribution is 2.47. The molecule has 0 bridgehead atoms. The maximum absolute atomic E-state index is 9.51.